The van der Waals surface area contributed by atoms with Crippen LogP contribution in [0.1, 0.15) is 31.4 Å². The van der Waals surface area contributed by atoms with Crippen molar-refractivity contribution in [2.75, 3.05) is 20.8 Å². The van der Waals surface area contributed by atoms with Crippen molar-refractivity contribution in [1.82, 2.24) is 0 Å². The second-order valence-electron chi connectivity index (χ2n) is 6.81. The number of ether oxygens (including phenoxy) is 3. The third kappa shape index (κ3) is 3.55. The van der Waals surface area contributed by atoms with Gasteiger partial charge in [0.15, 0.2) is 0 Å². The summed E-state index contributed by atoms with van der Waals surface area (Å²) >= 11 is 3.63. The first kappa shape index (κ1) is 18.6. The third-order valence-corrected chi connectivity index (χ3v) is 6.21. The molecule has 3 rings (SSSR count). The molecule has 1 aliphatic heterocycles. The second kappa shape index (κ2) is 8.02. The molecule has 5 heteroatoms. The standard InChI is InChI=1S/C20H25BrO4/c1-12(18(23-2)14-7-4-5-9-17(14)21)15-11-16(20(22)24-3)13-8-6-10-25-19(13)15/h4-5,7,9,11-13,15,18-19H,6,8,10H2,1-3H3/t12-,13-,15+,18+,19-/m1/s1. The van der Waals surface area contributed by atoms with Crippen LogP contribution in [0.15, 0.2) is 40.4 Å². The van der Waals surface area contributed by atoms with Gasteiger partial charge in [0.25, 0.3) is 0 Å². The smallest absolute Gasteiger partial charge is 0.333 e. The van der Waals surface area contributed by atoms with Gasteiger partial charge in [0.05, 0.1) is 19.3 Å². The third-order valence-electron chi connectivity index (χ3n) is 5.49. The zero-order chi connectivity index (χ0) is 18.0. The van der Waals surface area contributed by atoms with E-state index in [1.165, 1.54) is 7.11 Å². The molecule has 1 aromatic carbocycles. The molecule has 0 spiro atoms. The van der Waals surface area contributed by atoms with Crippen molar-refractivity contribution >= 4 is 21.9 Å². The number of fused-ring (bicyclic) bond motifs is 1. The fourth-order valence-electron chi connectivity index (χ4n) is 4.26. The van der Waals surface area contributed by atoms with E-state index in [0.29, 0.717) is 0 Å². The summed E-state index contributed by atoms with van der Waals surface area (Å²) in [5, 5.41) is 0. The van der Waals surface area contributed by atoms with Gasteiger partial charge in [-0.2, -0.15) is 0 Å². The highest BCUT2D eigenvalue weighted by atomic mass is 79.9. The number of carbonyl (C=O) groups excluding carboxylic acids is 1. The Kier molecular flexibility index (Phi) is 5.97. The molecule has 0 radical (unpaired) electrons. The summed E-state index contributed by atoms with van der Waals surface area (Å²) in [6.07, 6.45) is 3.97. The second-order valence-corrected chi connectivity index (χ2v) is 7.67. The molecule has 0 amide bonds. The molecule has 1 saturated heterocycles. The minimum Gasteiger partial charge on any atom is -0.466 e. The Morgan fingerprint density at radius 2 is 2.08 bits per heavy atom. The van der Waals surface area contributed by atoms with E-state index in [1.807, 2.05) is 18.2 Å². The van der Waals surface area contributed by atoms with E-state index < -0.39 is 0 Å². The molecular weight excluding hydrogens is 384 g/mol. The van der Waals surface area contributed by atoms with Crippen LogP contribution in [0, 0.1) is 17.8 Å². The number of carbonyl (C=O) groups is 1. The minimum absolute atomic E-state index is 0.0259. The van der Waals surface area contributed by atoms with Gasteiger partial charge < -0.3 is 14.2 Å². The highest BCUT2D eigenvalue weighted by Crippen LogP contribution is 2.46. The molecule has 0 saturated carbocycles. The SMILES string of the molecule is COC(=O)C1=C[C@@H]([C@@H](C)[C@H](OC)c2ccccc2Br)[C@@H]2OCCC[C@H]12. The molecule has 5 atom stereocenters. The molecular formula is C20H25BrO4. The number of benzene rings is 1. The molecule has 1 fully saturated rings. The van der Waals surface area contributed by atoms with Crippen molar-refractivity contribution in [3.8, 4) is 0 Å². The van der Waals surface area contributed by atoms with Crippen molar-refractivity contribution in [3.05, 3.63) is 46.0 Å². The largest absolute Gasteiger partial charge is 0.466 e. The van der Waals surface area contributed by atoms with E-state index >= 15 is 0 Å². The van der Waals surface area contributed by atoms with Crippen LogP contribution in [0.25, 0.3) is 0 Å². The average molecular weight is 409 g/mol. The first-order valence-corrected chi connectivity index (χ1v) is 9.56. The summed E-state index contributed by atoms with van der Waals surface area (Å²) in [6, 6.07) is 8.12. The number of hydrogen-bond acceptors (Lipinski definition) is 4. The summed E-state index contributed by atoms with van der Waals surface area (Å²) in [7, 11) is 3.18. The highest BCUT2D eigenvalue weighted by Gasteiger charge is 2.46. The van der Waals surface area contributed by atoms with Gasteiger partial charge in [-0.3, -0.25) is 0 Å². The molecule has 4 nitrogen and oxygen atoms in total. The number of rotatable bonds is 5. The maximum Gasteiger partial charge on any atom is 0.333 e. The van der Waals surface area contributed by atoms with Crippen LogP contribution in [0.5, 0.6) is 0 Å². The van der Waals surface area contributed by atoms with Gasteiger partial charge in [0.2, 0.25) is 0 Å². The predicted octanol–water partition coefficient (Wildman–Crippen LogP) is 4.30. The maximum absolute atomic E-state index is 12.2. The lowest BCUT2D eigenvalue weighted by Crippen LogP contribution is -2.37. The molecule has 1 aliphatic carbocycles. The number of halogens is 1. The minimum atomic E-state index is -0.231. The fraction of sp³-hybridized carbons (Fsp3) is 0.550. The van der Waals surface area contributed by atoms with Gasteiger partial charge in [-0.25, -0.2) is 4.79 Å². The fourth-order valence-corrected chi connectivity index (χ4v) is 4.77. The molecule has 0 N–H and O–H groups in total. The van der Waals surface area contributed by atoms with E-state index in [-0.39, 0.29) is 35.9 Å². The van der Waals surface area contributed by atoms with Crippen molar-refractivity contribution in [3.63, 3.8) is 0 Å². The van der Waals surface area contributed by atoms with Crippen LogP contribution in [0.3, 0.4) is 0 Å². The Morgan fingerprint density at radius 1 is 1.32 bits per heavy atom. The zero-order valence-electron chi connectivity index (χ0n) is 14.9. The molecule has 1 heterocycles. The maximum atomic E-state index is 12.2. The van der Waals surface area contributed by atoms with E-state index in [9.17, 15) is 4.79 Å². The van der Waals surface area contributed by atoms with Crippen LogP contribution in [0.2, 0.25) is 0 Å². The van der Waals surface area contributed by atoms with Crippen LogP contribution in [-0.2, 0) is 19.0 Å². The van der Waals surface area contributed by atoms with Gasteiger partial charge in [-0.05, 0) is 30.4 Å². The predicted molar refractivity (Wildman–Crippen MR) is 99.1 cm³/mol. The molecule has 0 aromatic heterocycles. The Hall–Kier alpha value is -1.17. The van der Waals surface area contributed by atoms with Gasteiger partial charge in [0, 0.05) is 35.6 Å². The molecule has 136 valence electrons. The monoisotopic (exact) mass is 408 g/mol. The van der Waals surface area contributed by atoms with Crippen LogP contribution >= 0.6 is 15.9 Å². The van der Waals surface area contributed by atoms with Crippen molar-refractivity contribution in [2.45, 2.75) is 32.0 Å². The average Bonchev–Trinajstić information content (AvgIpc) is 3.03. The van der Waals surface area contributed by atoms with E-state index in [4.69, 9.17) is 14.2 Å². The van der Waals surface area contributed by atoms with Crippen LogP contribution < -0.4 is 0 Å². The van der Waals surface area contributed by atoms with E-state index in [1.54, 1.807) is 7.11 Å². The zero-order valence-corrected chi connectivity index (χ0v) is 16.5. The van der Waals surface area contributed by atoms with Crippen molar-refractivity contribution in [1.29, 1.82) is 0 Å². The summed E-state index contributed by atoms with van der Waals surface area (Å²) in [5.41, 5.74) is 1.89. The molecule has 1 aromatic rings. The number of methoxy groups -OCH3 is 2. The number of esters is 1. The molecule has 0 bridgehead atoms. The Bertz CT molecular complexity index is 657. The summed E-state index contributed by atoms with van der Waals surface area (Å²) < 4.78 is 18.0. The van der Waals surface area contributed by atoms with Crippen molar-refractivity contribution in [2.24, 2.45) is 17.8 Å². The van der Waals surface area contributed by atoms with Crippen molar-refractivity contribution < 1.29 is 19.0 Å². The lowest BCUT2D eigenvalue weighted by molar-refractivity contribution is -0.137. The van der Waals surface area contributed by atoms with Gasteiger partial charge in [0.1, 0.15) is 0 Å². The Balaban J connectivity index is 1.91. The first-order chi connectivity index (χ1) is 12.1. The molecule has 25 heavy (non-hydrogen) atoms. The summed E-state index contributed by atoms with van der Waals surface area (Å²) in [6.45, 7) is 2.92. The van der Waals surface area contributed by atoms with Gasteiger partial charge >= 0.3 is 5.97 Å². The van der Waals surface area contributed by atoms with E-state index in [2.05, 4.69) is 35.0 Å². The first-order valence-electron chi connectivity index (χ1n) is 8.77. The topological polar surface area (TPSA) is 44.8 Å². The van der Waals surface area contributed by atoms with Gasteiger partial charge in [-0.1, -0.05) is 47.1 Å². The summed E-state index contributed by atoms with van der Waals surface area (Å²) in [4.78, 5) is 12.2. The lowest BCUT2D eigenvalue weighted by atomic mass is 9.80. The Labute approximate surface area is 157 Å². The highest BCUT2D eigenvalue weighted by molar-refractivity contribution is 9.10. The number of hydrogen-bond donors (Lipinski definition) is 0. The van der Waals surface area contributed by atoms with E-state index in [0.717, 1.165) is 35.1 Å². The molecule has 2 aliphatic rings. The van der Waals surface area contributed by atoms with Crippen LogP contribution in [-0.4, -0.2) is 32.9 Å². The van der Waals surface area contributed by atoms with Gasteiger partial charge in [-0.15, -0.1) is 0 Å². The Morgan fingerprint density at radius 3 is 2.76 bits per heavy atom. The normalized spacial score (nSPS) is 28.0. The molecule has 0 unspecified atom stereocenters. The quantitative estimate of drug-likeness (QED) is 0.681. The summed E-state index contributed by atoms with van der Waals surface area (Å²) in [5.74, 6) is 0.184. The lowest BCUT2D eigenvalue weighted by Gasteiger charge is -2.36. The van der Waals surface area contributed by atoms with Crippen LogP contribution in [0.4, 0.5) is 0 Å².